The quantitative estimate of drug-likeness (QED) is 0.772. The van der Waals surface area contributed by atoms with Crippen LogP contribution in [-0.4, -0.2) is 46.8 Å². The lowest BCUT2D eigenvalue weighted by molar-refractivity contribution is -0.0350. The highest BCUT2D eigenvalue weighted by atomic mass is 35.5. The lowest BCUT2D eigenvalue weighted by Crippen LogP contribution is -2.53. The highest BCUT2D eigenvalue weighted by Gasteiger charge is 2.37. The van der Waals surface area contributed by atoms with Crippen molar-refractivity contribution in [1.82, 2.24) is 15.2 Å². The maximum absolute atomic E-state index is 12.5. The Morgan fingerprint density at radius 2 is 2.14 bits per heavy atom. The molecule has 1 atom stereocenters. The van der Waals surface area contributed by atoms with Gasteiger partial charge in [-0.1, -0.05) is 17.7 Å². The van der Waals surface area contributed by atoms with Crippen LogP contribution >= 0.6 is 22.9 Å². The Morgan fingerprint density at radius 3 is 2.79 bits per heavy atom. The molecule has 2 bridgehead atoms. The second kappa shape index (κ2) is 7.54. The van der Waals surface area contributed by atoms with Crippen molar-refractivity contribution in [2.75, 3.05) is 19.6 Å². The number of thiazole rings is 1. The van der Waals surface area contributed by atoms with Gasteiger partial charge >= 0.3 is 6.09 Å². The molecule has 0 aliphatic carbocycles. The van der Waals surface area contributed by atoms with Crippen molar-refractivity contribution in [3.05, 3.63) is 34.3 Å². The Bertz CT molecular complexity index is 877. The predicted molar refractivity (Wildman–Crippen MR) is 110 cm³/mol. The first-order chi connectivity index (χ1) is 13.3. The fraction of sp³-hybridized carbons (Fsp3) is 0.500. The van der Waals surface area contributed by atoms with Crippen molar-refractivity contribution >= 4 is 29.0 Å². The Morgan fingerprint density at radius 1 is 1.39 bits per heavy atom. The van der Waals surface area contributed by atoms with Crippen molar-refractivity contribution in [3.8, 4) is 16.3 Å². The SMILES string of the molecule is CC(C)(NC(=O)O[C@@H]1CN2CCC1CC2)c1csc(-c2ccc(Cl)c(O)c2)n1. The molecule has 3 fully saturated rings. The first-order valence-corrected chi connectivity index (χ1v) is 10.7. The van der Waals surface area contributed by atoms with Crippen LogP contribution in [0.1, 0.15) is 32.4 Å². The minimum absolute atomic E-state index is 0.0226. The molecule has 5 rings (SSSR count). The largest absolute Gasteiger partial charge is 0.506 e. The molecule has 1 aromatic heterocycles. The summed E-state index contributed by atoms with van der Waals surface area (Å²) in [5.74, 6) is 0.497. The fourth-order valence-corrected chi connectivity index (χ4v) is 4.97. The number of rotatable bonds is 4. The number of carbonyl (C=O) groups excluding carboxylic acids is 1. The summed E-state index contributed by atoms with van der Waals surface area (Å²) in [6, 6.07) is 5.04. The molecule has 6 nitrogen and oxygen atoms in total. The van der Waals surface area contributed by atoms with E-state index in [-0.39, 0.29) is 11.9 Å². The molecule has 28 heavy (non-hydrogen) atoms. The van der Waals surface area contributed by atoms with E-state index >= 15 is 0 Å². The Hall–Kier alpha value is -1.83. The number of alkyl carbamates (subject to hydrolysis) is 1. The van der Waals surface area contributed by atoms with E-state index in [0.717, 1.165) is 48.7 Å². The van der Waals surface area contributed by atoms with E-state index in [4.69, 9.17) is 16.3 Å². The number of aromatic hydroxyl groups is 1. The Labute approximate surface area is 173 Å². The molecule has 2 N–H and O–H groups in total. The first-order valence-electron chi connectivity index (χ1n) is 9.48. The van der Waals surface area contributed by atoms with Gasteiger partial charge in [-0.15, -0.1) is 11.3 Å². The molecule has 1 amide bonds. The van der Waals surface area contributed by atoms with Gasteiger partial charge < -0.3 is 15.2 Å². The monoisotopic (exact) mass is 421 g/mol. The number of carbonyl (C=O) groups is 1. The molecule has 8 heteroatoms. The van der Waals surface area contributed by atoms with E-state index in [9.17, 15) is 9.90 Å². The Balaban J connectivity index is 1.42. The molecule has 0 radical (unpaired) electrons. The number of benzene rings is 1. The number of aromatic nitrogens is 1. The van der Waals surface area contributed by atoms with Gasteiger partial charge in [0.1, 0.15) is 16.9 Å². The molecular formula is C20H24ClN3O3S. The minimum Gasteiger partial charge on any atom is -0.506 e. The van der Waals surface area contributed by atoms with Crippen molar-refractivity contribution < 1.29 is 14.6 Å². The molecule has 0 unspecified atom stereocenters. The van der Waals surface area contributed by atoms with Gasteiger partial charge in [0.05, 0.1) is 16.3 Å². The summed E-state index contributed by atoms with van der Waals surface area (Å²) in [4.78, 5) is 19.5. The van der Waals surface area contributed by atoms with Gasteiger partial charge in [0.2, 0.25) is 0 Å². The lowest BCUT2D eigenvalue weighted by atomic mass is 9.86. The van der Waals surface area contributed by atoms with Gasteiger partial charge in [-0.25, -0.2) is 9.78 Å². The average Bonchev–Trinajstić information content (AvgIpc) is 3.16. The number of hydrogen-bond acceptors (Lipinski definition) is 6. The van der Waals surface area contributed by atoms with Crippen LogP contribution < -0.4 is 5.32 Å². The summed E-state index contributed by atoms with van der Waals surface area (Å²) in [7, 11) is 0. The molecule has 2 aromatic rings. The summed E-state index contributed by atoms with van der Waals surface area (Å²) in [5.41, 5.74) is 0.852. The van der Waals surface area contributed by atoms with E-state index in [1.807, 2.05) is 25.3 Å². The lowest BCUT2D eigenvalue weighted by Gasteiger charge is -2.44. The second-order valence-corrected chi connectivity index (χ2v) is 9.30. The molecule has 3 aliphatic heterocycles. The summed E-state index contributed by atoms with van der Waals surface area (Å²) in [5, 5.41) is 15.7. The third-order valence-electron chi connectivity index (χ3n) is 5.61. The topological polar surface area (TPSA) is 74.7 Å². The summed E-state index contributed by atoms with van der Waals surface area (Å²) in [6.45, 7) is 6.87. The molecule has 3 saturated heterocycles. The zero-order valence-corrected chi connectivity index (χ0v) is 17.5. The van der Waals surface area contributed by atoms with E-state index in [2.05, 4.69) is 15.2 Å². The standard InChI is InChI=1S/C20H24ClN3O3S/c1-20(2,23-19(26)27-16-10-24-7-5-12(16)6-8-24)17-11-28-18(22-17)13-3-4-14(21)15(25)9-13/h3-4,9,11-12,16,25H,5-8,10H2,1-2H3,(H,23,26)/t16-/m1/s1. The van der Waals surface area contributed by atoms with Crippen LogP contribution in [0.4, 0.5) is 4.79 Å². The maximum atomic E-state index is 12.5. The third kappa shape index (κ3) is 3.97. The maximum Gasteiger partial charge on any atom is 0.408 e. The first kappa shape index (κ1) is 19.5. The molecule has 4 heterocycles. The number of halogens is 1. The average molecular weight is 422 g/mol. The van der Waals surface area contributed by atoms with Crippen molar-refractivity contribution in [2.24, 2.45) is 5.92 Å². The van der Waals surface area contributed by atoms with Crippen molar-refractivity contribution in [1.29, 1.82) is 0 Å². The van der Waals surface area contributed by atoms with Crippen LogP contribution in [0, 0.1) is 5.92 Å². The normalized spacial score (nSPS) is 24.2. The summed E-state index contributed by atoms with van der Waals surface area (Å²) in [6.07, 6.45) is 1.78. The van der Waals surface area contributed by atoms with E-state index in [1.54, 1.807) is 12.1 Å². The van der Waals surface area contributed by atoms with Crippen LogP contribution in [0.2, 0.25) is 5.02 Å². The van der Waals surface area contributed by atoms with Crippen LogP contribution in [0.3, 0.4) is 0 Å². The molecular weight excluding hydrogens is 398 g/mol. The second-order valence-electron chi connectivity index (χ2n) is 8.04. The van der Waals surface area contributed by atoms with Crippen LogP contribution in [0.5, 0.6) is 5.75 Å². The number of piperidine rings is 3. The molecule has 0 spiro atoms. The molecule has 3 aliphatic rings. The summed E-state index contributed by atoms with van der Waals surface area (Å²) < 4.78 is 5.74. The van der Waals surface area contributed by atoms with Crippen molar-refractivity contribution in [2.45, 2.75) is 38.3 Å². The van der Waals surface area contributed by atoms with E-state index in [0.29, 0.717) is 10.9 Å². The zero-order valence-electron chi connectivity index (χ0n) is 15.9. The number of nitrogens with zero attached hydrogens (tertiary/aromatic N) is 2. The number of fused-ring (bicyclic) bond motifs is 3. The third-order valence-corrected chi connectivity index (χ3v) is 6.82. The smallest absolute Gasteiger partial charge is 0.408 e. The molecule has 1 aromatic carbocycles. The highest BCUT2D eigenvalue weighted by Crippen LogP contribution is 2.34. The summed E-state index contributed by atoms with van der Waals surface area (Å²) >= 11 is 7.33. The van der Waals surface area contributed by atoms with E-state index < -0.39 is 11.6 Å². The van der Waals surface area contributed by atoms with Gasteiger partial charge in [-0.3, -0.25) is 4.90 Å². The number of nitrogens with one attached hydrogen (secondary N) is 1. The fourth-order valence-electron chi connectivity index (χ4n) is 3.87. The number of ether oxygens (including phenoxy) is 1. The van der Waals surface area contributed by atoms with Crippen molar-refractivity contribution in [3.63, 3.8) is 0 Å². The number of hydrogen-bond donors (Lipinski definition) is 2. The van der Waals surface area contributed by atoms with Crippen LogP contribution in [0.15, 0.2) is 23.6 Å². The zero-order chi connectivity index (χ0) is 19.9. The minimum atomic E-state index is -0.672. The number of amides is 1. The Kier molecular flexibility index (Phi) is 5.24. The predicted octanol–water partition coefficient (Wildman–Crippen LogP) is 4.22. The van der Waals surface area contributed by atoms with Gasteiger partial charge in [0.25, 0.3) is 0 Å². The van der Waals surface area contributed by atoms with Crippen LogP contribution in [-0.2, 0) is 10.3 Å². The van der Waals surface area contributed by atoms with E-state index in [1.165, 1.54) is 11.3 Å². The van der Waals surface area contributed by atoms with Gasteiger partial charge in [-0.2, -0.15) is 0 Å². The molecule has 0 saturated carbocycles. The number of phenols is 1. The number of phenolic OH excluding ortho intramolecular Hbond substituents is 1. The van der Waals surface area contributed by atoms with Crippen LogP contribution in [0.25, 0.3) is 10.6 Å². The molecule has 150 valence electrons. The van der Waals surface area contributed by atoms with Gasteiger partial charge in [0, 0.05) is 17.5 Å². The van der Waals surface area contributed by atoms with Gasteiger partial charge in [0.15, 0.2) is 0 Å². The van der Waals surface area contributed by atoms with Gasteiger partial charge in [-0.05, 0) is 57.8 Å². The highest BCUT2D eigenvalue weighted by molar-refractivity contribution is 7.13.